The van der Waals surface area contributed by atoms with Crippen molar-refractivity contribution in [3.8, 4) is 34.2 Å². The molecule has 0 atom stereocenters. The van der Waals surface area contributed by atoms with Gasteiger partial charge in [0.25, 0.3) is 10.0 Å². The Morgan fingerprint density at radius 2 is 1.66 bits per heavy atom. The minimum Gasteiger partial charge on any atom is -0.497 e. The number of thioether (sulfide) groups is 1. The van der Waals surface area contributed by atoms with Gasteiger partial charge in [-0.2, -0.15) is 5.26 Å². The molecule has 2 aromatic heterocycles. The zero-order valence-electron chi connectivity index (χ0n) is 24.0. The van der Waals surface area contributed by atoms with Gasteiger partial charge in [-0.15, -0.1) is 0 Å². The molecule has 0 spiro atoms. The van der Waals surface area contributed by atoms with Gasteiger partial charge in [-0.25, -0.2) is 13.4 Å². The Bertz CT molecular complexity index is 1950. The monoisotopic (exact) mass is 625 g/mol. The average molecular weight is 626 g/mol. The number of anilines is 2. The first-order valence-electron chi connectivity index (χ1n) is 13.3. The van der Waals surface area contributed by atoms with Crippen molar-refractivity contribution >= 4 is 39.2 Å². The maximum Gasteiger partial charge on any atom is 0.263 e. The minimum absolute atomic E-state index is 0.00706. The van der Waals surface area contributed by atoms with Crippen molar-refractivity contribution in [1.29, 1.82) is 5.26 Å². The summed E-state index contributed by atoms with van der Waals surface area (Å²) in [7, 11) is -2.30. The second-order valence-electron chi connectivity index (χ2n) is 9.73. The molecule has 0 aliphatic heterocycles. The normalized spacial score (nSPS) is 11.0. The van der Waals surface area contributed by atoms with Crippen molar-refractivity contribution < 1.29 is 22.5 Å². The average Bonchev–Trinajstić information content (AvgIpc) is 3.43. The molecule has 3 aromatic carbocycles. The van der Waals surface area contributed by atoms with Crippen molar-refractivity contribution in [2.45, 2.75) is 23.8 Å². The van der Waals surface area contributed by atoms with Crippen molar-refractivity contribution in [1.82, 2.24) is 10.1 Å². The van der Waals surface area contributed by atoms with Crippen LogP contribution in [0.15, 0.2) is 99.4 Å². The van der Waals surface area contributed by atoms with Crippen LogP contribution >= 0.6 is 11.8 Å². The van der Waals surface area contributed by atoms with E-state index in [0.717, 1.165) is 28.5 Å². The number of sulfonamides is 1. The summed E-state index contributed by atoms with van der Waals surface area (Å²) in [6.07, 6.45) is 0. The first kappa shape index (κ1) is 30.3. The number of nitriles is 1. The number of hydrogen-bond acceptors (Lipinski definition) is 9. The molecular weight excluding hydrogens is 599 g/mol. The number of ether oxygens (including phenoxy) is 1. The molecule has 44 heavy (non-hydrogen) atoms. The predicted molar refractivity (Wildman–Crippen MR) is 169 cm³/mol. The largest absolute Gasteiger partial charge is 0.497 e. The van der Waals surface area contributed by atoms with Gasteiger partial charge in [0, 0.05) is 22.9 Å². The number of rotatable bonds is 10. The molecule has 0 radical (unpaired) electrons. The molecule has 0 unspecified atom stereocenters. The Morgan fingerprint density at radius 1 is 0.977 bits per heavy atom. The van der Waals surface area contributed by atoms with Gasteiger partial charge in [-0.1, -0.05) is 46.7 Å². The van der Waals surface area contributed by atoms with Gasteiger partial charge in [0.05, 0.1) is 29.0 Å². The Hall–Kier alpha value is -5.12. The molecule has 0 aliphatic carbocycles. The third-order valence-corrected chi connectivity index (χ3v) is 8.85. The molecule has 5 rings (SSSR count). The number of hydrogen-bond donors (Lipinski definition) is 2. The molecule has 0 saturated heterocycles. The number of benzene rings is 3. The maximum atomic E-state index is 12.9. The summed E-state index contributed by atoms with van der Waals surface area (Å²) in [5.74, 6) is 0.866. The smallest absolute Gasteiger partial charge is 0.263 e. The van der Waals surface area contributed by atoms with E-state index in [1.54, 1.807) is 14.0 Å². The number of amides is 1. The summed E-state index contributed by atoms with van der Waals surface area (Å²) < 4.78 is 37.8. The van der Waals surface area contributed by atoms with E-state index < -0.39 is 10.0 Å². The Morgan fingerprint density at radius 3 is 2.27 bits per heavy atom. The van der Waals surface area contributed by atoms with E-state index in [2.05, 4.69) is 21.3 Å². The number of pyridine rings is 1. The fourth-order valence-corrected chi connectivity index (χ4v) is 6.05. The summed E-state index contributed by atoms with van der Waals surface area (Å²) in [4.78, 5) is 17.7. The van der Waals surface area contributed by atoms with Gasteiger partial charge in [0.2, 0.25) is 5.91 Å². The molecule has 222 valence electrons. The van der Waals surface area contributed by atoms with Crippen LogP contribution in [0.25, 0.3) is 22.4 Å². The first-order valence-corrected chi connectivity index (χ1v) is 15.8. The van der Waals surface area contributed by atoms with Gasteiger partial charge >= 0.3 is 0 Å². The lowest BCUT2D eigenvalue weighted by Gasteiger charge is -2.13. The molecular formula is C32H27N5O5S2. The lowest BCUT2D eigenvalue weighted by atomic mass is 9.98. The Kier molecular flexibility index (Phi) is 8.99. The highest BCUT2D eigenvalue weighted by Gasteiger charge is 2.19. The molecule has 10 nitrogen and oxygen atoms in total. The number of aromatic nitrogens is 2. The molecule has 12 heteroatoms. The van der Waals surface area contributed by atoms with Crippen LogP contribution in [-0.2, 0) is 14.8 Å². The van der Waals surface area contributed by atoms with Crippen molar-refractivity contribution in [2.75, 3.05) is 22.9 Å². The zero-order chi connectivity index (χ0) is 31.3. The van der Waals surface area contributed by atoms with Crippen LogP contribution in [0.3, 0.4) is 0 Å². The summed E-state index contributed by atoms with van der Waals surface area (Å²) >= 11 is 1.15. The summed E-state index contributed by atoms with van der Waals surface area (Å²) in [5.41, 5.74) is 4.92. The second-order valence-corrected chi connectivity index (χ2v) is 12.4. The van der Waals surface area contributed by atoms with Crippen LogP contribution in [0.5, 0.6) is 5.75 Å². The number of methoxy groups -OCH3 is 1. The third kappa shape index (κ3) is 7.08. The highest BCUT2D eigenvalue weighted by Crippen LogP contribution is 2.35. The second kappa shape index (κ2) is 13.0. The van der Waals surface area contributed by atoms with Crippen molar-refractivity contribution in [3.63, 3.8) is 0 Å². The summed E-state index contributed by atoms with van der Waals surface area (Å²) in [5, 5.41) is 17.0. The molecule has 2 N–H and O–H groups in total. The zero-order valence-corrected chi connectivity index (χ0v) is 25.6. The van der Waals surface area contributed by atoms with Gasteiger partial charge in [0.15, 0.2) is 5.82 Å². The standard InChI is InChI=1S/C32H27N5O5S2/c1-20-4-6-22(7-5-20)27-17-29(23-8-12-25(41-3)13-9-23)35-32(28(27)18-33)43-19-31(38)34-24-10-14-26(15-11-24)44(39,40)37-30-16-21(2)42-36-30/h4-17H,19H2,1-3H3,(H,34,38)(H,36,37). The van der Waals surface area contributed by atoms with Crippen LogP contribution in [-0.4, -0.2) is 37.3 Å². The summed E-state index contributed by atoms with van der Waals surface area (Å²) in [6, 6.07) is 26.7. The van der Waals surface area contributed by atoms with E-state index in [0.29, 0.717) is 39.0 Å². The fourth-order valence-electron chi connectivity index (χ4n) is 4.26. The van der Waals surface area contributed by atoms with Gasteiger partial charge in [0.1, 0.15) is 22.6 Å². The quantitative estimate of drug-likeness (QED) is 0.168. The molecule has 1 amide bonds. The topological polar surface area (TPSA) is 147 Å². The summed E-state index contributed by atoms with van der Waals surface area (Å²) in [6.45, 7) is 3.64. The molecule has 2 heterocycles. The number of aryl methyl sites for hydroxylation is 2. The van der Waals surface area contributed by atoms with E-state index in [9.17, 15) is 18.5 Å². The third-order valence-electron chi connectivity index (χ3n) is 6.50. The number of carbonyl (C=O) groups excluding carboxylic acids is 1. The van der Waals surface area contributed by atoms with E-state index >= 15 is 0 Å². The minimum atomic E-state index is -3.89. The lowest BCUT2D eigenvalue weighted by molar-refractivity contribution is -0.113. The van der Waals surface area contributed by atoms with E-state index in [1.807, 2.05) is 61.5 Å². The van der Waals surface area contributed by atoms with E-state index in [-0.39, 0.29) is 22.4 Å². The number of nitrogens with one attached hydrogen (secondary N) is 2. The Labute approximate surface area is 259 Å². The van der Waals surface area contributed by atoms with Crippen molar-refractivity contribution in [2.24, 2.45) is 0 Å². The highest BCUT2D eigenvalue weighted by atomic mass is 32.2. The van der Waals surface area contributed by atoms with Gasteiger partial charge in [-0.3, -0.25) is 9.52 Å². The van der Waals surface area contributed by atoms with Crippen LogP contribution in [0.4, 0.5) is 11.5 Å². The van der Waals surface area contributed by atoms with Crippen LogP contribution in [0.1, 0.15) is 16.9 Å². The number of carbonyl (C=O) groups is 1. The molecule has 5 aromatic rings. The molecule has 0 saturated carbocycles. The van der Waals surface area contributed by atoms with Crippen molar-refractivity contribution in [3.05, 3.63) is 102 Å². The molecule has 0 fully saturated rings. The lowest BCUT2D eigenvalue weighted by Crippen LogP contribution is -2.15. The highest BCUT2D eigenvalue weighted by molar-refractivity contribution is 8.00. The van der Waals surface area contributed by atoms with Crippen LogP contribution in [0.2, 0.25) is 0 Å². The maximum absolute atomic E-state index is 12.9. The molecule has 0 bridgehead atoms. The van der Waals surface area contributed by atoms with Crippen LogP contribution in [0, 0.1) is 25.2 Å². The molecule has 0 aliphatic rings. The number of nitrogens with zero attached hydrogens (tertiary/aromatic N) is 3. The van der Waals surface area contributed by atoms with Gasteiger partial charge < -0.3 is 14.6 Å². The predicted octanol–water partition coefficient (Wildman–Crippen LogP) is 6.43. The first-order chi connectivity index (χ1) is 21.1. The van der Waals surface area contributed by atoms with E-state index in [1.165, 1.54) is 30.3 Å². The van der Waals surface area contributed by atoms with Gasteiger partial charge in [-0.05, 0) is 74.0 Å². The fraction of sp³-hybridized carbons (Fsp3) is 0.125. The van der Waals surface area contributed by atoms with E-state index in [4.69, 9.17) is 14.2 Å². The SMILES string of the molecule is COc1ccc(-c2cc(-c3ccc(C)cc3)c(C#N)c(SCC(=O)Nc3ccc(S(=O)(=O)Nc4cc(C)on4)cc3)n2)cc1. The Balaban J connectivity index is 1.35. The van der Waals surface area contributed by atoms with Crippen LogP contribution < -0.4 is 14.8 Å².